The van der Waals surface area contributed by atoms with Gasteiger partial charge in [0.05, 0.1) is 7.82 Å². The molecule has 5 N–H and O–H groups in total. The van der Waals surface area contributed by atoms with Gasteiger partial charge in [0.25, 0.3) is 0 Å². The predicted molar refractivity (Wildman–Crippen MR) is 17.1 cm³/mol. The van der Waals surface area contributed by atoms with Crippen molar-refractivity contribution in [1.29, 1.82) is 0 Å². The average molecular weight is 210 g/mol. The number of hydrogen-bond acceptors (Lipinski definition) is 3. The second-order valence-electron chi connectivity index (χ2n) is 0.469. The smallest absolute Gasteiger partial charge is 0.790 e. The SMILES string of the molecule is O.O.O=P([O-])([O-])O.[K+].[K+]. The van der Waals surface area contributed by atoms with Crippen LogP contribution < -0.4 is 113 Å². The predicted octanol–water partition coefficient (Wildman–Crippen LogP) is -9.83. The molecule has 0 aliphatic carbocycles. The number of rotatable bonds is 0. The summed E-state index contributed by atoms with van der Waals surface area (Å²) < 4.78 is 8.66. The minimum absolute atomic E-state index is 0. The summed E-state index contributed by atoms with van der Waals surface area (Å²) in [6.07, 6.45) is 0. The fourth-order valence-electron chi connectivity index (χ4n) is 0. The van der Waals surface area contributed by atoms with E-state index >= 15 is 0 Å². The monoisotopic (exact) mass is 210 g/mol. The van der Waals surface area contributed by atoms with E-state index in [-0.39, 0.29) is 114 Å². The third-order valence-corrected chi connectivity index (χ3v) is 0. The van der Waals surface area contributed by atoms with Crippen LogP contribution in [-0.4, -0.2) is 15.8 Å². The Morgan fingerprint density at radius 3 is 1.11 bits per heavy atom. The van der Waals surface area contributed by atoms with Gasteiger partial charge in [-0.05, 0) is 0 Å². The van der Waals surface area contributed by atoms with Gasteiger partial charge in [0, 0.05) is 0 Å². The molecule has 0 unspecified atom stereocenters. The molecule has 0 aromatic heterocycles. The molecule has 0 radical (unpaired) electrons. The normalized spacial score (nSPS) is 6.56. The van der Waals surface area contributed by atoms with E-state index in [9.17, 15) is 0 Å². The van der Waals surface area contributed by atoms with Crippen LogP contribution in [0.15, 0.2) is 0 Å². The molecule has 0 saturated heterocycles. The van der Waals surface area contributed by atoms with E-state index in [0.717, 1.165) is 0 Å². The van der Waals surface area contributed by atoms with Crippen molar-refractivity contribution in [3.8, 4) is 0 Å². The second-order valence-corrected chi connectivity index (χ2v) is 1.41. The van der Waals surface area contributed by atoms with Crippen molar-refractivity contribution in [2.45, 2.75) is 0 Å². The van der Waals surface area contributed by atoms with Crippen LogP contribution in [0.4, 0.5) is 0 Å². The summed E-state index contributed by atoms with van der Waals surface area (Å²) in [5.74, 6) is 0. The maximum atomic E-state index is 8.66. The van der Waals surface area contributed by atoms with Crippen LogP contribution in [-0.2, 0) is 4.57 Å². The summed E-state index contributed by atoms with van der Waals surface area (Å²) in [7, 11) is -5.14. The molecular formula is H5K2O6P. The first-order valence-corrected chi connectivity index (χ1v) is 2.24. The minimum Gasteiger partial charge on any atom is -0.790 e. The summed E-state index contributed by atoms with van der Waals surface area (Å²) in [5.41, 5.74) is 0. The van der Waals surface area contributed by atoms with Crippen molar-refractivity contribution < 1.29 is 133 Å². The Morgan fingerprint density at radius 2 is 1.11 bits per heavy atom. The van der Waals surface area contributed by atoms with Crippen molar-refractivity contribution in [3.63, 3.8) is 0 Å². The maximum absolute atomic E-state index is 8.66. The molecule has 48 valence electrons. The Bertz CT molecular complexity index is 57.2. The zero-order chi connectivity index (χ0) is 4.50. The summed E-state index contributed by atoms with van der Waals surface area (Å²) >= 11 is 0. The molecule has 0 amide bonds. The van der Waals surface area contributed by atoms with E-state index in [1.54, 1.807) is 0 Å². The van der Waals surface area contributed by atoms with Crippen molar-refractivity contribution >= 4 is 7.82 Å². The molecule has 0 atom stereocenters. The van der Waals surface area contributed by atoms with Crippen molar-refractivity contribution in [2.75, 3.05) is 0 Å². The molecular weight excluding hydrogens is 205 g/mol. The topological polar surface area (TPSA) is 146 Å². The van der Waals surface area contributed by atoms with Gasteiger partial charge in [-0.15, -0.1) is 0 Å². The molecule has 0 bridgehead atoms. The average Bonchev–Trinajstić information content (AvgIpc) is 0.722. The molecule has 9 heavy (non-hydrogen) atoms. The van der Waals surface area contributed by atoms with Gasteiger partial charge in [-0.2, -0.15) is 0 Å². The van der Waals surface area contributed by atoms with Gasteiger partial charge in [0.15, 0.2) is 0 Å². The molecule has 0 saturated carbocycles. The first kappa shape index (κ1) is 29.5. The van der Waals surface area contributed by atoms with Gasteiger partial charge in [0.2, 0.25) is 0 Å². The van der Waals surface area contributed by atoms with Crippen LogP contribution in [0.3, 0.4) is 0 Å². The molecule has 0 fully saturated rings. The van der Waals surface area contributed by atoms with E-state index in [2.05, 4.69) is 0 Å². The van der Waals surface area contributed by atoms with E-state index in [0.29, 0.717) is 0 Å². The molecule has 0 aliphatic heterocycles. The van der Waals surface area contributed by atoms with Gasteiger partial charge in [-0.1, -0.05) is 0 Å². The molecule has 0 spiro atoms. The maximum Gasteiger partial charge on any atom is 1.00 e. The summed E-state index contributed by atoms with van der Waals surface area (Å²) in [6, 6.07) is 0. The third-order valence-electron chi connectivity index (χ3n) is 0. The van der Waals surface area contributed by atoms with Crippen LogP contribution in [0.2, 0.25) is 0 Å². The van der Waals surface area contributed by atoms with Gasteiger partial charge < -0.3 is 30.2 Å². The van der Waals surface area contributed by atoms with E-state index in [4.69, 9.17) is 19.2 Å². The van der Waals surface area contributed by atoms with Crippen LogP contribution in [0, 0.1) is 0 Å². The van der Waals surface area contributed by atoms with Crippen molar-refractivity contribution in [3.05, 3.63) is 0 Å². The number of phosphoric acid groups is 1. The summed E-state index contributed by atoms with van der Waals surface area (Å²) in [6.45, 7) is 0. The van der Waals surface area contributed by atoms with E-state index in [1.165, 1.54) is 0 Å². The van der Waals surface area contributed by atoms with Crippen molar-refractivity contribution in [1.82, 2.24) is 0 Å². The Kier molecular flexibility index (Phi) is 45.4. The Balaban J connectivity index is -0.0000000133. The summed E-state index contributed by atoms with van der Waals surface area (Å²) in [4.78, 5) is 24.3. The zero-order valence-corrected chi connectivity index (χ0v) is 12.3. The first-order chi connectivity index (χ1) is 2.00. The van der Waals surface area contributed by atoms with Crippen LogP contribution >= 0.6 is 7.82 Å². The molecule has 9 heteroatoms. The van der Waals surface area contributed by atoms with Gasteiger partial charge in [0.1, 0.15) is 0 Å². The van der Waals surface area contributed by atoms with Gasteiger partial charge >= 0.3 is 103 Å². The van der Waals surface area contributed by atoms with Crippen LogP contribution in [0.25, 0.3) is 0 Å². The number of hydrogen-bond donors (Lipinski definition) is 1. The molecule has 0 aromatic rings. The fourth-order valence-corrected chi connectivity index (χ4v) is 0. The largest absolute Gasteiger partial charge is 1.00 e. The second kappa shape index (κ2) is 13.9. The first-order valence-electron chi connectivity index (χ1n) is 0.748. The van der Waals surface area contributed by atoms with Crippen LogP contribution in [0.5, 0.6) is 0 Å². The van der Waals surface area contributed by atoms with Gasteiger partial charge in [-0.3, -0.25) is 0 Å². The molecule has 0 heterocycles. The fraction of sp³-hybridized carbons (Fsp3) is 0. The molecule has 6 nitrogen and oxygen atoms in total. The minimum atomic E-state index is -5.14. The quantitative estimate of drug-likeness (QED) is 0.312. The van der Waals surface area contributed by atoms with Crippen molar-refractivity contribution in [2.24, 2.45) is 0 Å². The van der Waals surface area contributed by atoms with Crippen LogP contribution in [0.1, 0.15) is 0 Å². The standard InChI is InChI=1S/2K.H3O4P.2H2O/c;;1-5(2,3)4;;/h;;(H3,1,2,3,4);2*1H2/q2*+1;;;/p-2. The zero-order valence-electron chi connectivity index (χ0n) is 5.12. The molecule has 0 rings (SSSR count). The molecule has 0 aliphatic rings. The van der Waals surface area contributed by atoms with E-state index in [1.807, 2.05) is 0 Å². The Morgan fingerprint density at radius 1 is 1.11 bits per heavy atom. The molecule has 0 aromatic carbocycles. The van der Waals surface area contributed by atoms with E-state index < -0.39 is 7.82 Å². The Labute approximate surface area is 137 Å². The summed E-state index contributed by atoms with van der Waals surface area (Å²) in [5, 5.41) is 0. The third kappa shape index (κ3) is 89.7. The van der Waals surface area contributed by atoms with Gasteiger partial charge in [-0.25, -0.2) is 0 Å². The Hall–Kier alpha value is 3.30.